The lowest BCUT2D eigenvalue weighted by Gasteiger charge is -2.09. The zero-order chi connectivity index (χ0) is 16.9. The Kier molecular flexibility index (Phi) is 4.65. The lowest BCUT2D eigenvalue weighted by molar-refractivity contribution is 0.354. The van der Waals surface area contributed by atoms with Crippen molar-refractivity contribution in [1.29, 1.82) is 0 Å². The molecule has 1 aromatic heterocycles. The van der Waals surface area contributed by atoms with Crippen molar-refractivity contribution in [3.63, 3.8) is 0 Å². The van der Waals surface area contributed by atoms with Crippen LogP contribution < -0.4 is 14.9 Å². The molecule has 0 aliphatic rings. The molecule has 1 heterocycles. The molecule has 24 heavy (non-hydrogen) atoms. The number of aryl methyl sites for hydroxylation is 1. The van der Waals surface area contributed by atoms with E-state index in [1.54, 1.807) is 20.4 Å². The molecule has 2 aromatic carbocycles. The number of benzene rings is 2. The minimum absolute atomic E-state index is 0.648. The van der Waals surface area contributed by atoms with Crippen LogP contribution in [0.3, 0.4) is 0 Å². The molecule has 0 saturated heterocycles. The van der Waals surface area contributed by atoms with Gasteiger partial charge in [0.25, 0.3) is 0 Å². The number of anilines is 1. The van der Waals surface area contributed by atoms with Crippen molar-refractivity contribution in [2.45, 2.75) is 13.5 Å². The summed E-state index contributed by atoms with van der Waals surface area (Å²) in [5.74, 6) is 2.02. The number of imidazole rings is 1. The highest BCUT2D eigenvalue weighted by Crippen LogP contribution is 2.29. The molecule has 0 fully saturated rings. The molecule has 3 rings (SSSR count). The summed E-state index contributed by atoms with van der Waals surface area (Å²) in [4.78, 5) is 4.57. The summed E-state index contributed by atoms with van der Waals surface area (Å²) in [5.41, 5.74) is 5.86. The summed E-state index contributed by atoms with van der Waals surface area (Å²) in [6, 6.07) is 13.7. The van der Waals surface area contributed by atoms with Crippen LogP contribution in [0.2, 0.25) is 0 Å². The molecule has 6 nitrogen and oxygen atoms in total. The molecule has 0 saturated carbocycles. The molecule has 0 radical (unpaired) electrons. The Hall–Kier alpha value is -3.02. The van der Waals surface area contributed by atoms with E-state index in [4.69, 9.17) is 9.47 Å². The highest BCUT2D eigenvalue weighted by molar-refractivity contribution is 5.85. The quantitative estimate of drug-likeness (QED) is 0.557. The van der Waals surface area contributed by atoms with Crippen LogP contribution in [0, 0.1) is 0 Å². The number of methoxy groups -OCH3 is 2. The number of hydrazone groups is 1. The van der Waals surface area contributed by atoms with E-state index < -0.39 is 0 Å². The number of nitrogens with one attached hydrogen (secondary N) is 1. The number of para-hydroxylation sites is 3. The first-order valence-corrected chi connectivity index (χ1v) is 7.73. The SMILES string of the molecule is CCn1c(N/N=C\c2cccc(OC)c2OC)nc2ccccc21. The molecule has 6 heteroatoms. The highest BCUT2D eigenvalue weighted by Gasteiger charge is 2.09. The molecular formula is C18H20N4O2. The summed E-state index contributed by atoms with van der Waals surface area (Å²) in [6.07, 6.45) is 1.70. The molecule has 0 unspecified atom stereocenters. The lowest BCUT2D eigenvalue weighted by Crippen LogP contribution is -2.02. The second kappa shape index (κ2) is 7.04. The van der Waals surface area contributed by atoms with Gasteiger partial charge < -0.3 is 14.0 Å². The fourth-order valence-electron chi connectivity index (χ4n) is 2.65. The van der Waals surface area contributed by atoms with Gasteiger partial charge in [-0.3, -0.25) is 0 Å². The molecule has 0 spiro atoms. The standard InChI is InChI=1S/C18H20N4O2/c1-4-22-15-10-6-5-9-14(15)20-18(22)21-19-12-13-8-7-11-16(23-2)17(13)24-3/h5-12H,4H2,1-3H3,(H,20,21)/b19-12-. The molecule has 0 atom stereocenters. The first-order chi connectivity index (χ1) is 11.8. The third-order valence-corrected chi connectivity index (χ3v) is 3.77. The minimum Gasteiger partial charge on any atom is -0.493 e. The Labute approximate surface area is 140 Å². The van der Waals surface area contributed by atoms with Crippen LogP contribution in [0.4, 0.5) is 5.95 Å². The van der Waals surface area contributed by atoms with Crippen LogP contribution in [0.5, 0.6) is 11.5 Å². The molecule has 1 N–H and O–H groups in total. The van der Waals surface area contributed by atoms with Gasteiger partial charge in [0.1, 0.15) is 0 Å². The van der Waals surface area contributed by atoms with E-state index in [-0.39, 0.29) is 0 Å². The van der Waals surface area contributed by atoms with Gasteiger partial charge in [0.2, 0.25) is 5.95 Å². The minimum atomic E-state index is 0.648. The van der Waals surface area contributed by atoms with Crippen molar-refractivity contribution in [1.82, 2.24) is 9.55 Å². The zero-order valence-electron chi connectivity index (χ0n) is 14.0. The summed E-state index contributed by atoms with van der Waals surface area (Å²) >= 11 is 0. The van der Waals surface area contributed by atoms with Crippen LogP contribution in [0.1, 0.15) is 12.5 Å². The topological polar surface area (TPSA) is 60.7 Å². The number of ether oxygens (including phenoxy) is 2. The van der Waals surface area contributed by atoms with Gasteiger partial charge in [0.15, 0.2) is 11.5 Å². The van der Waals surface area contributed by atoms with Crippen molar-refractivity contribution < 1.29 is 9.47 Å². The van der Waals surface area contributed by atoms with Gasteiger partial charge in [-0.15, -0.1) is 0 Å². The molecule has 0 amide bonds. The van der Waals surface area contributed by atoms with Gasteiger partial charge >= 0.3 is 0 Å². The normalized spacial score (nSPS) is 11.1. The van der Waals surface area contributed by atoms with Gasteiger partial charge in [-0.05, 0) is 31.2 Å². The van der Waals surface area contributed by atoms with E-state index in [0.29, 0.717) is 17.4 Å². The second-order valence-corrected chi connectivity index (χ2v) is 5.12. The predicted octanol–water partition coefficient (Wildman–Crippen LogP) is 3.52. The van der Waals surface area contributed by atoms with E-state index in [9.17, 15) is 0 Å². The van der Waals surface area contributed by atoms with Gasteiger partial charge in [0.05, 0.1) is 31.5 Å². The largest absolute Gasteiger partial charge is 0.493 e. The lowest BCUT2D eigenvalue weighted by atomic mass is 10.2. The highest BCUT2D eigenvalue weighted by atomic mass is 16.5. The first kappa shape index (κ1) is 15.9. The van der Waals surface area contributed by atoms with Crippen molar-refractivity contribution in [2.75, 3.05) is 19.6 Å². The van der Waals surface area contributed by atoms with E-state index in [2.05, 4.69) is 27.0 Å². The molecule has 0 bridgehead atoms. The average molecular weight is 324 g/mol. The monoisotopic (exact) mass is 324 g/mol. The van der Waals surface area contributed by atoms with E-state index >= 15 is 0 Å². The third-order valence-electron chi connectivity index (χ3n) is 3.77. The maximum atomic E-state index is 5.40. The zero-order valence-corrected chi connectivity index (χ0v) is 14.0. The van der Waals surface area contributed by atoms with Gasteiger partial charge in [-0.1, -0.05) is 18.2 Å². The fraction of sp³-hybridized carbons (Fsp3) is 0.222. The summed E-state index contributed by atoms with van der Waals surface area (Å²) in [6.45, 7) is 2.88. The van der Waals surface area contributed by atoms with Crippen molar-refractivity contribution in [2.24, 2.45) is 5.10 Å². The molecule has 124 valence electrons. The number of rotatable bonds is 6. The third kappa shape index (κ3) is 2.90. The maximum Gasteiger partial charge on any atom is 0.224 e. The average Bonchev–Trinajstić information content (AvgIpc) is 2.98. The molecule has 3 aromatic rings. The van der Waals surface area contributed by atoms with Gasteiger partial charge in [-0.2, -0.15) is 5.10 Å². The Bertz CT molecular complexity index is 871. The van der Waals surface area contributed by atoms with Gasteiger partial charge in [0, 0.05) is 12.1 Å². The molecule has 0 aliphatic carbocycles. The number of fused-ring (bicyclic) bond motifs is 1. The number of hydrogen-bond donors (Lipinski definition) is 1. The van der Waals surface area contributed by atoms with Crippen LogP contribution in [0.25, 0.3) is 11.0 Å². The predicted molar refractivity (Wildman–Crippen MR) is 96.2 cm³/mol. The number of nitrogens with zero attached hydrogens (tertiary/aromatic N) is 3. The number of hydrogen-bond acceptors (Lipinski definition) is 5. The summed E-state index contributed by atoms with van der Waals surface area (Å²) in [5, 5.41) is 4.31. The Morgan fingerprint density at radius 2 is 1.96 bits per heavy atom. The van der Waals surface area contributed by atoms with Crippen molar-refractivity contribution in [3.8, 4) is 11.5 Å². The smallest absolute Gasteiger partial charge is 0.224 e. The number of aromatic nitrogens is 2. The first-order valence-electron chi connectivity index (χ1n) is 7.73. The van der Waals surface area contributed by atoms with E-state index in [1.165, 1.54) is 0 Å². The summed E-state index contributed by atoms with van der Waals surface area (Å²) < 4.78 is 12.8. The fourth-order valence-corrected chi connectivity index (χ4v) is 2.65. The van der Waals surface area contributed by atoms with E-state index in [0.717, 1.165) is 23.1 Å². The van der Waals surface area contributed by atoms with Crippen LogP contribution in [0.15, 0.2) is 47.6 Å². The van der Waals surface area contributed by atoms with Crippen molar-refractivity contribution in [3.05, 3.63) is 48.0 Å². The molecular weight excluding hydrogens is 304 g/mol. The van der Waals surface area contributed by atoms with Crippen LogP contribution in [-0.4, -0.2) is 30.0 Å². The van der Waals surface area contributed by atoms with Gasteiger partial charge in [-0.25, -0.2) is 10.4 Å². The maximum absolute atomic E-state index is 5.40. The van der Waals surface area contributed by atoms with Crippen LogP contribution >= 0.6 is 0 Å². The Morgan fingerprint density at radius 1 is 1.12 bits per heavy atom. The molecule has 0 aliphatic heterocycles. The van der Waals surface area contributed by atoms with Crippen molar-refractivity contribution >= 4 is 23.2 Å². The second-order valence-electron chi connectivity index (χ2n) is 5.12. The Balaban J connectivity index is 1.87. The summed E-state index contributed by atoms with van der Waals surface area (Å²) in [7, 11) is 3.22. The van der Waals surface area contributed by atoms with E-state index in [1.807, 2.05) is 42.5 Å². The van der Waals surface area contributed by atoms with Crippen LogP contribution in [-0.2, 0) is 6.54 Å². The Morgan fingerprint density at radius 3 is 2.71 bits per heavy atom.